The van der Waals surface area contributed by atoms with Crippen LogP contribution >= 0.6 is 15.9 Å². The van der Waals surface area contributed by atoms with Crippen molar-refractivity contribution < 1.29 is 9.18 Å². The minimum absolute atomic E-state index is 0.0379. The summed E-state index contributed by atoms with van der Waals surface area (Å²) in [6.45, 7) is 8.57. The summed E-state index contributed by atoms with van der Waals surface area (Å²) in [4.78, 5) is 11.9. The highest BCUT2D eigenvalue weighted by atomic mass is 79.9. The monoisotopic (exact) mass is 329 g/mol. The van der Waals surface area contributed by atoms with Gasteiger partial charge < -0.3 is 5.32 Å². The maximum absolute atomic E-state index is 12.9. The lowest BCUT2D eigenvalue weighted by Gasteiger charge is -2.22. The number of halogens is 2. The first-order chi connectivity index (χ1) is 8.67. The average molecular weight is 330 g/mol. The summed E-state index contributed by atoms with van der Waals surface area (Å²) < 4.78 is 13.5. The molecule has 1 atom stereocenters. The van der Waals surface area contributed by atoms with Crippen molar-refractivity contribution in [3.63, 3.8) is 0 Å². The number of nitrogens with one attached hydrogen (secondary N) is 1. The van der Waals surface area contributed by atoms with Crippen LogP contribution in [0.3, 0.4) is 0 Å². The van der Waals surface area contributed by atoms with E-state index in [1.807, 2.05) is 0 Å². The Morgan fingerprint density at radius 3 is 2.58 bits per heavy atom. The first-order valence-electron chi connectivity index (χ1n) is 6.42. The van der Waals surface area contributed by atoms with Gasteiger partial charge in [0.25, 0.3) is 0 Å². The second-order valence-electron chi connectivity index (χ2n) is 6.25. The van der Waals surface area contributed by atoms with Crippen LogP contribution in [-0.2, 0) is 4.79 Å². The Bertz CT molecular complexity index is 454. The molecule has 4 heteroatoms. The molecule has 1 amide bonds. The fraction of sp³-hybridized carbons (Fsp3) is 0.533. The zero-order valence-electron chi connectivity index (χ0n) is 11.9. The van der Waals surface area contributed by atoms with Crippen molar-refractivity contribution in [1.82, 2.24) is 0 Å². The molecule has 2 nitrogen and oxygen atoms in total. The molecule has 0 bridgehead atoms. The minimum atomic E-state index is -0.328. The molecule has 0 fully saturated rings. The van der Waals surface area contributed by atoms with Crippen molar-refractivity contribution in [2.24, 2.45) is 11.3 Å². The first kappa shape index (κ1) is 16.2. The van der Waals surface area contributed by atoms with E-state index < -0.39 is 0 Å². The van der Waals surface area contributed by atoms with E-state index in [1.54, 1.807) is 6.07 Å². The largest absolute Gasteiger partial charge is 0.325 e. The van der Waals surface area contributed by atoms with Gasteiger partial charge in [0.15, 0.2) is 0 Å². The van der Waals surface area contributed by atoms with Gasteiger partial charge in [0.1, 0.15) is 5.82 Å². The van der Waals surface area contributed by atoms with Crippen molar-refractivity contribution in [2.75, 3.05) is 5.32 Å². The van der Waals surface area contributed by atoms with Crippen molar-refractivity contribution in [3.8, 4) is 0 Å². The number of amides is 1. The Morgan fingerprint density at radius 2 is 2.05 bits per heavy atom. The van der Waals surface area contributed by atoms with E-state index in [4.69, 9.17) is 0 Å². The fourth-order valence-electron chi connectivity index (χ4n) is 2.23. The first-order valence-corrected chi connectivity index (χ1v) is 7.21. The lowest BCUT2D eigenvalue weighted by Crippen LogP contribution is -2.19. The van der Waals surface area contributed by atoms with Gasteiger partial charge in [-0.05, 0) is 51.9 Å². The van der Waals surface area contributed by atoms with Gasteiger partial charge in [-0.15, -0.1) is 0 Å². The summed E-state index contributed by atoms with van der Waals surface area (Å²) in [6, 6.07) is 4.24. The minimum Gasteiger partial charge on any atom is -0.325 e. The second kappa shape index (κ2) is 6.51. The summed E-state index contributed by atoms with van der Waals surface area (Å²) in [7, 11) is 0. The third-order valence-corrected chi connectivity index (χ3v) is 3.36. The number of anilines is 1. The van der Waals surface area contributed by atoms with Crippen LogP contribution in [-0.4, -0.2) is 5.91 Å². The van der Waals surface area contributed by atoms with Gasteiger partial charge >= 0.3 is 0 Å². The van der Waals surface area contributed by atoms with Crippen LogP contribution in [0.5, 0.6) is 0 Å². The van der Waals surface area contributed by atoms with Crippen molar-refractivity contribution in [3.05, 3.63) is 28.5 Å². The van der Waals surface area contributed by atoms with Crippen LogP contribution in [0.25, 0.3) is 0 Å². The van der Waals surface area contributed by atoms with Gasteiger partial charge in [0.05, 0.1) is 5.69 Å². The van der Waals surface area contributed by atoms with Gasteiger partial charge in [-0.3, -0.25) is 4.79 Å². The van der Waals surface area contributed by atoms with Crippen LogP contribution in [0.2, 0.25) is 0 Å². The molecule has 106 valence electrons. The van der Waals surface area contributed by atoms with E-state index in [0.717, 1.165) is 6.42 Å². The van der Waals surface area contributed by atoms with Crippen LogP contribution in [0.1, 0.15) is 40.5 Å². The van der Waals surface area contributed by atoms with Crippen LogP contribution in [0.15, 0.2) is 22.7 Å². The molecule has 0 saturated carbocycles. The van der Waals surface area contributed by atoms with E-state index in [2.05, 4.69) is 48.9 Å². The topological polar surface area (TPSA) is 29.1 Å². The molecule has 0 aliphatic rings. The molecule has 0 heterocycles. The Morgan fingerprint density at radius 1 is 1.42 bits per heavy atom. The average Bonchev–Trinajstić information content (AvgIpc) is 2.19. The van der Waals surface area contributed by atoms with Crippen molar-refractivity contribution >= 4 is 27.5 Å². The predicted octanol–water partition coefficient (Wildman–Crippen LogP) is 4.99. The maximum atomic E-state index is 12.9. The molecular formula is C15H21BrFNO. The van der Waals surface area contributed by atoms with Crippen LogP contribution in [0, 0.1) is 17.2 Å². The van der Waals surface area contributed by atoms with E-state index in [-0.39, 0.29) is 17.1 Å². The number of hydrogen-bond acceptors (Lipinski definition) is 1. The molecule has 1 aromatic carbocycles. The van der Waals surface area contributed by atoms with Gasteiger partial charge in [-0.1, -0.05) is 27.7 Å². The molecule has 0 aliphatic heterocycles. The highest BCUT2D eigenvalue weighted by Gasteiger charge is 2.18. The molecule has 1 N–H and O–H groups in total. The number of rotatable bonds is 4. The van der Waals surface area contributed by atoms with Crippen molar-refractivity contribution in [2.45, 2.75) is 40.5 Å². The highest BCUT2D eigenvalue weighted by molar-refractivity contribution is 9.10. The lowest BCUT2D eigenvalue weighted by atomic mass is 9.84. The molecule has 0 radical (unpaired) electrons. The molecule has 0 aliphatic carbocycles. The van der Waals surface area contributed by atoms with Gasteiger partial charge in [-0.2, -0.15) is 0 Å². The molecule has 0 saturated heterocycles. The molecule has 0 aromatic heterocycles. The molecule has 1 unspecified atom stereocenters. The molecule has 1 rings (SSSR count). The second-order valence-corrected chi connectivity index (χ2v) is 7.10. The third-order valence-electron chi connectivity index (χ3n) is 2.70. The maximum Gasteiger partial charge on any atom is 0.224 e. The Labute approximate surface area is 122 Å². The standard InChI is InChI=1S/C15H21BrFNO/c1-10(9-15(2,3)4)7-14(19)18-13-6-5-11(17)8-12(13)16/h5-6,8,10H,7,9H2,1-4H3,(H,18,19). The van der Waals surface area contributed by atoms with Crippen LogP contribution < -0.4 is 5.32 Å². The molecule has 0 spiro atoms. The number of carbonyl (C=O) groups excluding carboxylic acids is 1. The van der Waals surface area contributed by atoms with E-state index in [1.165, 1.54) is 12.1 Å². The third kappa shape index (κ3) is 6.19. The summed E-state index contributed by atoms with van der Waals surface area (Å²) >= 11 is 3.24. The summed E-state index contributed by atoms with van der Waals surface area (Å²) in [5.41, 5.74) is 0.824. The Balaban J connectivity index is 2.56. The van der Waals surface area contributed by atoms with Gasteiger partial charge in [0.2, 0.25) is 5.91 Å². The number of carbonyl (C=O) groups is 1. The summed E-state index contributed by atoms with van der Waals surface area (Å²) in [5.74, 6) is -0.0470. The smallest absolute Gasteiger partial charge is 0.224 e. The fourth-order valence-corrected chi connectivity index (χ4v) is 2.68. The van der Waals surface area contributed by atoms with Crippen molar-refractivity contribution in [1.29, 1.82) is 0 Å². The van der Waals surface area contributed by atoms with Crippen LogP contribution in [0.4, 0.5) is 10.1 Å². The lowest BCUT2D eigenvalue weighted by molar-refractivity contribution is -0.117. The normalized spacial score (nSPS) is 13.2. The molecular weight excluding hydrogens is 309 g/mol. The number of benzene rings is 1. The zero-order valence-corrected chi connectivity index (χ0v) is 13.5. The Hall–Kier alpha value is -0.900. The van der Waals surface area contributed by atoms with Gasteiger partial charge in [-0.25, -0.2) is 4.39 Å². The molecule has 1 aromatic rings. The van der Waals surface area contributed by atoms with E-state index in [9.17, 15) is 9.18 Å². The highest BCUT2D eigenvalue weighted by Crippen LogP contribution is 2.27. The van der Waals surface area contributed by atoms with Gasteiger partial charge in [0, 0.05) is 10.9 Å². The summed E-state index contributed by atoms with van der Waals surface area (Å²) in [5, 5.41) is 2.80. The molecule has 19 heavy (non-hydrogen) atoms. The number of hydrogen-bond donors (Lipinski definition) is 1. The van der Waals surface area contributed by atoms with E-state index in [0.29, 0.717) is 22.5 Å². The zero-order chi connectivity index (χ0) is 14.6. The quantitative estimate of drug-likeness (QED) is 0.828. The SMILES string of the molecule is CC(CC(=O)Nc1ccc(F)cc1Br)CC(C)(C)C. The predicted molar refractivity (Wildman–Crippen MR) is 80.6 cm³/mol. The summed E-state index contributed by atoms with van der Waals surface area (Å²) in [6.07, 6.45) is 1.46. The Kier molecular flexibility index (Phi) is 5.53. The van der Waals surface area contributed by atoms with E-state index >= 15 is 0 Å².